The van der Waals surface area contributed by atoms with Crippen LogP contribution in [0.4, 0.5) is 11.8 Å². The minimum absolute atomic E-state index is 0.0697. The highest BCUT2D eigenvalue weighted by Gasteiger charge is 2.25. The smallest absolute Gasteiger partial charge is 0.224 e. The van der Waals surface area contributed by atoms with Crippen LogP contribution >= 0.6 is 0 Å². The van der Waals surface area contributed by atoms with Crippen LogP contribution in [0.15, 0.2) is 6.07 Å². The van der Waals surface area contributed by atoms with Crippen LogP contribution < -0.4 is 10.2 Å². The van der Waals surface area contributed by atoms with Gasteiger partial charge in [0.15, 0.2) is 0 Å². The summed E-state index contributed by atoms with van der Waals surface area (Å²) < 4.78 is 5.52. The van der Waals surface area contributed by atoms with Gasteiger partial charge in [0.2, 0.25) is 5.95 Å². The van der Waals surface area contributed by atoms with Gasteiger partial charge in [0.25, 0.3) is 0 Å². The molecule has 2 aliphatic heterocycles. The number of ether oxygens (including phenoxy) is 1. The van der Waals surface area contributed by atoms with Gasteiger partial charge < -0.3 is 25.0 Å². The molecule has 0 aromatic carbocycles. The number of piperidine rings is 1. The van der Waals surface area contributed by atoms with Crippen molar-refractivity contribution >= 4 is 11.8 Å². The first-order valence-corrected chi connectivity index (χ1v) is 8.90. The highest BCUT2D eigenvalue weighted by molar-refractivity contribution is 5.46. The third-order valence-corrected chi connectivity index (χ3v) is 5.07. The maximum atomic E-state index is 9.06. The third-order valence-electron chi connectivity index (χ3n) is 5.07. The first-order chi connectivity index (χ1) is 11.7. The van der Waals surface area contributed by atoms with Gasteiger partial charge in [0, 0.05) is 38.2 Å². The lowest BCUT2D eigenvalue weighted by atomic mass is 10.0. The lowest BCUT2D eigenvalue weighted by Crippen LogP contribution is -2.42. The van der Waals surface area contributed by atoms with Gasteiger partial charge in [0.1, 0.15) is 5.82 Å². The number of anilines is 2. The minimum Gasteiger partial charge on any atom is -0.395 e. The molecule has 1 unspecified atom stereocenters. The van der Waals surface area contributed by atoms with Crippen LogP contribution in [0.5, 0.6) is 0 Å². The predicted octanol–water partition coefficient (Wildman–Crippen LogP) is 0.915. The zero-order valence-corrected chi connectivity index (χ0v) is 14.7. The zero-order chi connectivity index (χ0) is 16.9. The van der Waals surface area contributed by atoms with Crippen LogP contribution in [0, 0.1) is 0 Å². The summed E-state index contributed by atoms with van der Waals surface area (Å²) >= 11 is 0. The maximum absolute atomic E-state index is 9.06. The number of aromatic nitrogens is 2. The number of rotatable bonds is 6. The molecule has 0 aliphatic carbocycles. The van der Waals surface area contributed by atoms with Crippen LogP contribution in [0.2, 0.25) is 0 Å². The van der Waals surface area contributed by atoms with Gasteiger partial charge in [-0.3, -0.25) is 0 Å². The number of hydrogen-bond acceptors (Lipinski definition) is 7. The summed E-state index contributed by atoms with van der Waals surface area (Å²) in [6.07, 6.45) is 3.31. The van der Waals surface area contributed by atoms with E-state index in [9.17, 15) is 0 Å². The Morgan fingerprint density at radius 2 is 2.12 bits per heavy atom. The fraction of sp³-hybridized carbons (Fsp3) is 0.765. The van der Waals surface area contributed by atoms with Crippen LogP contribution in [0.1, 0.15) is 30.9 Å². The maximum Gasteiger partial charge on any atom is 0.224 e. The van der Waals surface area contributed by atoms with Crippen molar-refractivity contribution in [3.63, 3.8) is 0 Å². The molecular weight excluding hydrogens is 306 g/mol. The van der Waals surface area contributed by atoms with E-state index in [0.29, 0.717) is 24.5 Å². The van der Waals surface area contributed by atoms with E-state index in [-0.39, 0.29) is 6.61 Å². The van der Waals surface area contributed by atoms with Gasteiger partial charge in [-0.2, -0.15) is 4.98 Å². The fourth-order valence-corrected chi connectivity index (χ4v) is 3.43. The van der Waals surface area contributed by atoms with E-state index in [2.05, 4.69) is 45.2 Å². The van der Waals surface area contributed by atoms with E-state index in [1.165, 1.54) is 0 Å². The van der Waals surface area contributed by atoms with Crippen molar-refractivity contribution in [3.8, 4) is 0 Å². The van der Waals surface area contributed by atoms with Crippen molar-refractivity contribution in [2.24, 2.45) is 0 Å². The molecule has 0 saturated carbocycles. The molecule has 0 amide bonds. The highest BCUT2D eigenvalue weighted by atomic mass is 16.5. The topological polar surface area (TPSA) is 73.8 Å². The van der Waals surface area contributed by atoms with E-state index in [1.54, 1.807) is 0 Å². The van der Waals surface area contributed by atoms with Gasteiger partial charge in [-0.15, -0.1) is 0 Å². The molecule has 7 nitrogen and oxygen atoms in total. The van der Waals surface area contributed by atoms with Crippen molar-refractivity contribution < 1.29 is 9.84 Å². The largest absolute Gasteiger partial charge is 0.395 e. The van der Waals surface area contributed by atoms with E-state index in [4.69, 9.17) is 9.84 Å². The molecule has 1 aromatic heterocycles. The van der Waals surface area contributed by atoms with E-state index in [1.807, 2.05) is 0 Å². The van der Waals surface area contributed by atoms with Gasteiger partial charge >= 0.3 is 0 Å². The standard InChI is InChI=1S/C17H29N5O2/c1-21-7-3-14(4-8-21)22(2)16-11-15(13-5-10-24-12-13)19-17(20-16)18-6-9-23/h11,13-14,23H,3-10,12H2,1-2H3,(H,18,19,20). The first kappa shape index (κ1) is 17.4. The average molecular weight is 335 g/mol. The van der Waals surface area contributed by atoms with E-state index < -0.39 is 0 Å². The Morgan fingerprint density at radius 3 is 2.79 bits per heavy atom. The molecular formula is C17H29N5O2. The number of aliphatic hydroxyl groups excluding tert-OH is 1. The molecule has 3 rings (SSSR count). The summed E-state index contributed by atoms with van der Waals surface area (Å²) in [5, 5.41) is 12.2. The molecule has 7 heteroatoms. The highest BCUT2D eigenvalue weighted by Crippen LogP contribution is 2.28. The van der Waals surface area contributed by atoms with Crippen LogP contribution in [-0.2, 0) is 4.74 Å². The second-order valence-corrected chi connectivity index (χ2v) is 6.83. The lowest BCUT2D eigenvalue weighted by molar-refractivity contribution is 0.193. The Balaban J connectivity index is 1.80. The van der Waals surface area contributed by atoms with Gasteiger partial charge in [0.05, 0.1) is 18.9 Å². The number of aliphatic hydroxyl groups is 1. The number of nitrogens with one attached hydrogen (secondary N) is 1. The summed E-state index contributed by atoms with van der Waals surface area (Å²) in [5.41, 5.74) is 1.04. The first-order valence-electron chi connectivity index (χ1n) is 8.90. The normalized spacial score (nSPS) is 22.7. The molecule has 2 fully saturated rings. The molecule has 2 N–H and O–H groups in total. The van der Waals surface area contributed by atoms with Crippen LogP contribution in [-0.4, -0.2) is 79.6 Å². The Morgan fingerprint density at radius 1 is 1.33 bits per heavy atom. The fourth-order valence-electron chi connectivity index (χ4n) is 3.43. The van der Waals surface area contributed by atoms with Gasteiger partial charge in [-0.1, -0.05) is 0 Å². The molecule has 134 valence electrons. The summed E-state index contributed by atoms with van der Waals surface area (Å²) in [6, 6.07) is 2.62. The monoisotopic (exact) mass is 335 g/mol. The summed E-state index contributed by atoms with van der Waals surface area (Å²) in [5.74, 6) is 1.90. The third kappa shape index (κ3) is 4.15. The second kappa shape index (κ2) is 8.09. The quantitative estimate of drug-likeness (QED) is 0.800. The molecule has 24 heavy (non-hydrogen) atoms. The van der Waals surface area contributed by atoms with Crippen molar-refractivity contribution in [2.75, 3.05) is 63.8 Å². The van der Waals surface area contributed by atoms with Gasteiger partial charge in [-0.05, 0) is 39.4 Å². The molecule has 1 aromatic rings. The Hall–Kier alpha value is -1.44. The molecule has 3 heterocycles. The molecule has 2 aliphatic rings. The summed E-state index contributed by atoms with van der Waals surface area (Å²) in [4.78, 5) is 14.0. The predicted molar refractivity (Wildman–Crippen MR) is 94.7 cm³/mol. The summed E-state index contributed by atoms with van der Waals surface area (Å²) in [6.45, 7) is 4.31. The van der Waals surface area contributed by atoms with Crippen LogP contribution in [0.25, 0.3) is 0 Å². The number of hydrogen-bond donors (Lipinski definition) is 2. The lowest BCUT2D eigenvalue weighted by Gasteiger charge is -2.36. The Labute approximate surface area is 144 Å². The Bertz CT molecular complexity index is 528. The van der Waals surface area contributed by atoms with Gasteiger partial charge in [-0.25, -0.2) is 4.98 Å². The SMILES string of the molecule is CN1CCC(N(C)c2cc(C3CCOC3)nc(NCCO)n2)CC1. The average Bonchev–Trinajstić information content (AvgIpc) is 3.14. The van der Waals surface area contributed by atoms with E-state index >= 15 is 0 Å². The summed E-state index contributed by atoms with van der Waals surface area (Å²) in [7, 11) is 4.30. The minimum atomic E-state index is 0.0697. The number of nitrogens with zero attached hydrogens (tertiary/aromatic N) is 4. The van der Waals surface area contributed by atoms with E-state index in [0.717, 1.165) is 57.1 Å². The molecule has 0 spiro atoms. The van der Waals surface area contributed by atoms with Crippen molar-refractivity contribution in [2.45, 2.75) is 31.2 Å². The molecule has 2 saturated heterocycles. The molecule has 0 radical (unpaired) electrons. The van der Waals surface area contributed by atoms with Crippen molar-refractivity contribution in [3.05, 3.63) is 11.8 Å². The van der Waals surface area contributed by atoms with Crippen molar-refractivity contribution in [1.82, 2.24) is 14.9 Å². The van der Waals surface area contributed by atoms with Crippen molar-refractivity contribution in [1.29, 1.82) is 0 Å². The number of likely N-dealkylation sites (tertiary alicyclic amines) is 1. The Kier molecular flexibility index (Phi) is 5.86. The zero-order valence-electron chi connectivity index (χ0n) is 14.7. The second-order valence-electron chi connectivity index (χ2n) is 6.83. The molecule has 0 bridgehead atoms. The molecule has 1 atom stereocenters. The van der Waals surface area contributed by atoms with Crippen LogP contribution in [0.3, 0.4) is 0 Å².